The summed E-state index contributed by atoms with van der Waals surface area (Å²) >= 11 is 0. The molecule has 6 heteroatoms. The summed E-state index contributed by atoms with van der Waals surface area (Å²) < 4.78 is 21.6. The van der Waals surface area contributed by atoms with E-state index in [2.05, 4.69) is 6.92 Å². The van der Waals surface area contributed by atoms with Gasteiger partial charge in [-0.3, -0.25) is 9.59 Å². The number of rotatable bonds is 14. The molecular weight excluding hydrogens is 372 g/mol. The molecule has 0 saturated carbocycles. The van der Waals surface area contributed by atoms with E-state index in [-0.39, 0.29) is 18.6 Å². The van der Waals surface area contributed by atoms with E-state index in [0.717, 1.165) is 19.3 Å². The standard InChI is InChI=1S/C23H36O6/c1-6-9-10-11-12-13-17-28-21(24)23(7-2,8-3)22(25)29-20-18(26-4)15-14-16-19(20)27-5/h14-16H,6-13,17H2,1-5H3. The predicted molar refractivity (Wildman–Crippen MR) is 113 cm³/mol. The van der Waals surface area contributed by atoms with Gasteiger partial charge in [-0.05, 0) is 31.4 Å². The highest BCUT2D eigenvalue weighted by atomic mass is 16.6. The molecule has 0 aliphatic carbocycles. The van der Waals surface area contributed by atoms with Crippen molar-refractivity contribution < 1.29 is 28.5 Å². The molecule has 0 fully saturated rings. The van der Waals surface area contributed by atoms with Gasteiger partial charge in [-0.15, -0.1) is 0 Å². The molecule has 0 saturated heterocycles. The molecule has 0 N–H and O–H groups in total. The van der Waals surface area contributed by atoms with Crippen molar-refractivity contribution in [3.05, 3.63) is 18.2 Å². The van der Waals surface area contributed by atoms with Gasteiger partial charge in [-0.1, -0.05) is 58.9 Å². The van der Waals surface area contributed by atoms with Gasteiger partial charge in [-0.2, -0.15) is 0 Å². The van der Waals surface area contributed by atoms with Gasteiger partial charge in [0.15, 0.2) is 16.9 Å². The lowest BCUT2D eigenvalue weighted by atomic mass is 9.82. The van der Waals surface area contributed by atoms with E-state index in [0.29, 0.717) is 18.1 Å². The van der Waals surface area contributed by atoms with Crippen LogP contribution < -0.4 is 14.2 Å². The Labute approximate surface area is 174 Å². The summed E-state index contributed by atoms with van der Waals surface area (Å²) in [6.45, 7) is 6.07. The second-order valence-corrected chi connectivity index (χ2v) is 7.07. The summed E-state index contributed by atoms with van der Waals surface area (Å²) in [4.78, 5) is 25.9. The summed E-state index contributed by atoms with van der Waals surface area (Å²) in [6.07, 6.45) is 7.15. The first-order chi connectivity index (χ1) is 14.0. The number of unbranched alkanes of at least 4 members (excludes halogenated alkanes) is 5. The minimum absolute atomic E-state index is 0.164. The van der Waals surface area contributed by atoms with Crippen LogP contribution in [0.5, 0.6) is 17.2 Å². The molecule has 0 aromatic heterocycles. The Kier molecular flexibility index (Phi) is 11.2. The number of ether oxygens (including phenoxy) is 4. The predicted octanol–water partition coefficient (Wildman–Crippen LogP) is 5.32. The number of para-hydroxylation sites is 1. The number of benzene rings is 1. The molecule has 29 heavy (non-hydrogen) atoms. The summed E-state index contributed by atoms with van der Waals surface area (Å²) in [5.41, 5.74) is -1.35. The maximum atomic E-state index is 13.0. The van der Waals surface area contributed by atoms with Crippen LogP contribution in [0.15, 0.2) is 18.2 Å². The van der Waals surface area contributed by atoms with Gasteiger partial charge >= 0.3 is 11.9 Å². The van der Waals surface area contributed by atoms with Crippen molar-refractivity contribution in [2.75, 3.05) is 20.8 Å². The van der Waals surface area contributed by atoms with Crippen molar-refractivity contribution in [3.63, 3.8) is 0 Å². The number of hydrogen-bond acceptors (Lipinski definition) is 6. The zero-order valence-electron chi connectivity index (χ0n) is 18.5. The molecule has 1 aromatic rings. The molecule has 1 aromatic carbocycles. The zero-order chi connectivity index (χ0) is 21.7. The van der Waals surface area contributed by atoms with Crippen molar-refractivity contribution in [2.24, 2.45) is 5.41 Å². The van der Waals surface area contributed by atoms with Crippen LogP contribution in [0.2, 0.25) is 0 Å². The van der Waals surface area contributed by atoms with Gasteiger partial charge in [0.25, 0.3) is 0 Å². The SMILES string of the molecule is CCCCCCCCOC(=O)C(CC)(CC)C(=O)Oc1c(OC)cccc1OC. The average molecular weight is 409 g/mol. The molecule has 0 heterocycles. The van der Waals surface area contributed by atoms with E-state index >= 15 is 0 Å². The lowest BCUT2D eigenvalue weighted by Crippen LogP contribution is -2.42. The van der Waals surface area contributed by atoms with Crippen molar-refractivity contribution in [2.45, 2.75) is 72.1 Å². The van der Waals surface area contributed by atoms with Gasteiger partial charge < -0.3 is 18.9 Å². The molecule has 6 nitrogen and oxygen atoms in total. The zero-order valence-corrected chi connectivity index (χ0v) is 18.5. The molecule has 0 amide bonds. The van der Waals surface area contributed by atoms with Crippen molar-refractivity contribution >= 4 is 11.9 Å². The number of methoxy groups -OCH3 is 2. The Hall–Kier alpha value is -2.24. The van der Waals surface area contributed by atoms with Crippen molar-refractivity contribution in [3.8, 4) is 17.2 Å². The van der Waals surface area contributed by atoms with Crippen LogP contribution in [-0.2, 0) is 14.3 Å². The van der Waals surface area contributed by atoms with Gasteiger partial charge in [-0.25, -0.2) is 0 Å². The van der Waals surface area contributed by atoms with Crippen molar-refractivity contribution in [1.29, 1.82) is 0 Å². The van der Waals surface area contributed by atoms with Gasteiger partial charge in [0, 0.05) is 0 Å². The van der Waals surface area contributed by atoms with E-state index in [1.54, 1.807) is 32.0 Å². The minimum atomic E-state index is -1.35. The average Bonchev–Trinajstić information content (AvgIpc) is 2.74. The van der Waals surface area contributed by atoms with Crippen LogP contribution in [0.4, 0.5) is 0 Å². The molecule has 0 aliphatic rings. The highest BCUT2D eigenvalue weighted by Crippen LogP contribution is 2.39. The monoisotopic (exact) mass is 408 g/mol. The maximum Gasteiger partial charge on any atom is 0.329 e. The normalized spacial score (nSPS) is 11.1. The van der Waals surface area contributed by atoms with E-state index in [9.17, 15) is 9.59 Å². The van der Waals surface area contributed by atoms with Gasteiger partial charge in [0.1, 0.15) is 0 Å². The molecular formula is C23H36O6. The molecule has 164 valence electrons. The van der Waals surface area contributed by atoms with E-state index in [1.165, 1.54) is 33.5 Å². The Bertz CT molecular complexity index is 614. The topological polar surface area (TPSA) is 71.1 Å². The van der Waals surface area contributed by atoms with Crippen LogP contribution in [0, 0.1) is 5.41 Å². The number of carbonyl (C=O) groups is 2. The number of esters is 2. The lowest BCUT2D eigenvalue weighted by molar-refractivity contribution is -0.168. The highest BCUT2D eigenvalue weighted by Gasteiger charge is 2.46. The number of hydrogen-bond donors (Lipinski definition) is 0. The maximum absolute atomic E-state index is 13.0. The summed E-state index contributed by atoms with van der Waals surface area (Å²) in [7, 11) is 2.96. The van der Waals surface area contributed by atoms with Crippen LogP contribution in [0.1, 0.15) is 72.1 Å². The van der Waals surface area contributed by atoms with Crippen LogP contribution in [0.25, 0.3) is 0 Å². The third-order valence-electron chi connectivity index (χ3n) is 5.30. The second-order valence-electron chi connectivity index (χ2n) is 7.07. The summed E-state index contributed by atoms with van der Waals surface area (Å²) in [6, 6.07) is 5.07. The fraction of sp³-hybridized carbons (Fsp3) is 0.652. The second kappa shape index (κ2) is 13.1. The van der Waals surface area contributed by atoms with E-state index in [4.69, 9.17) is 18.9 Å². The highest BCUT2D eigenvalue weighted by molar-refractivity contribution is 6.01. The molecule has 0 unspecified atom stereocenters. The van der Waals surface area contributed by atoms with E-state index in [1.807, 2.05) is 0 Å². The molecule has 0 bridgehead atoms. The van der Waals surface area contributed by atoms with Gasteiger partial charge in [0.2, 0.25) is 5.75 Å². The van der Waals surface area contributed by atoms with Crippen LogP contribution >= 0.6 is 0 Å². The largest absolute Gasteiger partial charge is 0.493 e. The number of carbonyl (C=O) groups excluding carboxylic acids is 2. The molecule has 0 radical (unpaired) electrons. The first kappa shape index (κ1) is 24.8. The lowest BCUT2D eigenvalue weighted by Gasteiger charge is -2.27. The fourth-order valence-electron chi connectivity index (χ4n) is 3.20. The third kappa shape index (κ3) is 6.65. The van der Waals surface area contributed by atoms with Crippen molar-refractivity contribution in [1.82, 2.24) is 0 Å². The molecule has 0 spiro atoms. The Balaban J connectivity index is 2.81. The molecule has 0 aliphatic heterocycles. The minimum Gasteiger partial charge on any atom is -0.493 e. The smallest absolute Gasteiger partial charge is 0.329 e. The Morgan fingerprint density at radius 2 is 1.38 bits per heavy atom. The first-order valence-electron chi connectivity index (χ1n) is 10.6. The van der Waals surface area contributed by atoms with Gasteiger partial charge in [0.05, 0.1) is 20.8 Å². The molecule has 0 atom stereocenters. The third-order valence-corrected chi connectivity index (χ3v) is 5.30. The van der Waals surface area contributed by atoms with Crippen LogP contribution in [-0.4, -0.2) is 32.8 Å². The quantitative estimate of drug-likeness (QED) is 0.180. The first-order valence-corrected chi connectivity index (χ1v) is 10.6. The summed E-state index contributed by atoms with van der Waals surface area (Å²) in [5.74, 6) is -0.302. The molecule has 1 rings (SSSR count). The summed E-state index contributed by atoms with van der Waals surface area (Å²) in [5, 5.41) is 0. The van der Waals surface area contributed by atoms with E-state index < -0.39 is 17.4 Å². The fourth-order valence-corrected chi connectivity index (χ4v) is 3.20. The Morgan fingerprint density at radius 1 is 0.828 bits per heavy atom. The Morgan fingerprint density at radius 3 is 1.90 bits per heavy atom. The van der Waals surface area contributed by atoms with Crippen LogP contribution in [0.3, 0.4) is 0 Å².